The van der Waals surface area contributed by atoms with Crippen molar-refractivity contribution in [3.8, 4) is 23.1 Å². The number of benzene rings is 1. The van der Waals surface area contributed by atoms with E-state index < -0.39 is 6.61 Å². The molecule has 0 amide bonds. The minimum atomic E-state index is -2.95. The van der Waals surface area contributed by atoms with E-state index in [1.807, 2.05) is 12.1 Å². The molecule has 10 heteroatoms. The zero-order chi connectivity index (χ0) is 22.3. The van der Waals surface area contributed by atoms with Gasteiger partial charge >= 0.3 is 6.61 Å². The number of pyridine rings is 1. The average Bonchev–Trinajstić information content (AvgIpc) is 3.46. The maximum atomic E-state index is 12.8. The van der Waals surface area contributed by atoms with Crippen LogP contribution in [0.25, 0.3) is 0 Å². The van der Waals surface area contributed by atoms with Crippen LogP contribution in [0.5, 0.6) is 23.1 Å². The van der Waals surface area contributed by atoms with Crippen LogP contribution in [-0.4, -0.2) is 37.5 Å². The van der Waals surface area contributed by atoms with Gasteiger partial charge < -0.3 is 29.6 Å². The van der Waals surface area contributed by atoms with Crippen LogP contribution in [0.1, 0.15) is 36.8 Å². The predicted octanol–water partition coefficient (Wildman–Crippen LogP) is 3.60. The number of guanidine groups is 1. The summed E-state index contributed by atoms with van der Waals surface area (Å²) in [5.41, 5.74) is 1.40. The molecule has 0 saturated heterocycles. The second-order valence-electron chi connectivity index (χ2n) is 7.46. The van der Waals surface area contributed by atoms with Gasteiger partial charge in [0.25, 0.3) is 0 Å². The number of aliphatic imine (C=N–C) groups is 1. The molecule has 8 nitrogen and oxygen atoms in total. The number of fused-ring (bicyclic) bond motifs is 1. The van der Waals surface area contributed by atoms with Crippen molar-refractivity contribution in [1.82, 2.24) is 15.6 Å². The number of hydrogen-bond acceptors (Lipinski definition) is 6. The van der Waals surface area contributed by atoms with E-state index in [1.165, 1.54) is 18.9 Å². The zero-order valence-corrected chi connectivity index (χ0v) is 17.8. The van der Waals surface area contributed by atoms with Crippen LogP contribution in [-0.2, 0) is 13.1 Å². The fourth-order valence-electron chi connectivity index (χ4n) is 3.72. The van der Waals surface area contributed by atoms with Crippen LogP contribution in [0.2, 0.25) is 0 Å². The monoisotopic (exact) mass is 448 g/mol. The van der Waals surface area contributed by atoms with Crippen LogP contribution in [0, 0.1) is 0 Å². The van der Waals surface area contributed by atoms with Crippen molar-refractivity contribution in [3.05, 3.63) is 41.6 Å². The summed E-state index contributed by atoms with van der Waals surface area (Å²) in [5, 5.41) is 6.32. The third-order valence-corrected chi connectivity index (χ3v) is 5.32. The molecular weight excluding hydrogens is 422 g/mol. The molecule has 1 aliphatic heterocycles. The Hall–Kier alpha value is -3.30. The third kappa shape index (κ3) is 5.49. The first-order valence-electron chi connectivity index (χ1n) is 10.5. The largest absolute Gasteiger partial charge is 0.474 e. The van der Waals surface area contributed by atoms with Crippen LogP contribution in [0.15, 0.2) is 35.5 Å². The van der Waals surface area contributed by atoms with Gasteiger partial charge in [0.15, 0.2) is 17.5 Å². The van der Waals surface area contributed by atoms with Crippen LogP contribution >= 0.6 is 0 Å². The molecule has 4 rings (SSSR count). The molecule has 0 bridgehead atoms. The summed E-state index contributed by atoms with van der Waals surface area (Å²) in [6.45, 7) is -2.27. The number of rotatable bonds is 8. The van der Waals surface area contributed by atoms with E-state index in [-0.39, 0.29) is 25.2 Å². The first kappa shape index (κ1) is 21.9. The van der Waals surface area contributed by atoms with E-state index in [9.17, 15) is 8.78 Å². The number of aromatic nitrogens is 1. The van der Waals surface area contributed by atoms with Gasteiger partial charge in [0.05, 0.1) is 0 Å². The Morgan fingerprint density at radius 3 is 2.59 bits per heavy atom. The van der Waals surface area contributed by atoms with Crippen molar-refractivity contribution in [3.63, 3.8) is 0 Å². The summed E-state index contributed by atoms with van der Waals surface area (Å²) >= 11 is 0. The number of nitrogens with zero attached hydrogens (tertiary/aromatic N) is 2. The Morgan fingerprint density at radius 1 is 1.16 bits per heavy atom. The second kappa shape index (κ2) is 10.3. The average molecular weight is 448 g/mol. The molecule has 172 valence electrons. The van der Waals surface area contributed by atoms with Gasteiger partial charge in [-0.3, -0.25) is 4.99 Å². The first-order valence-corrected chi connectivity index (χ1v) is 10.5. The Morgan fingerprint density at radius 2 is 1.88 bits per heavy atom. The van der Waals surface area contributed by atoms with Gasteiger partial charge in [-0.25, -0.2) is 4.98 Å². The van der Waals surface area contributed by atoms with Gasteiger partial charge in [0.1, 0.15) is 11.9 Å². The highest BCUT2D eigenvalue weighted by Crippen LogP contribution is 2.38. The van der Waals surface area contributed by atoms with Gasteiger partial charge in [-0.2, -0.15) is 8.78 Å². The Kier molecular flexibility index (Phi) is 7.08. The SMILES string of the molecule is CN=C(NCc1cc2c(cc1OC(F)F)OCO2)NCc1cccnc1OC1CCCC1. The number of nitrogens with one attached hydrogen (secondary N) is 2. The lowest BCUT2D eigenvalue weighted by Gasteiger charge is -2.17. The molecule has 1 aromatic carbocycles. The van der Waals surface area contributed by atoms with Crippen LogP contribution in [0.3, 0.4) is 0 Å². The Balaban J connectivity index is 1.38. The summed E-state index contributed by atoms with van der Waals surface area (Å²) in [6, 6.07) is 6.83. The third-order valence-electron chi connectivity index (χ3n) is 5.32. The van der Waals surface area contributed by atoms with Crippen molar-refractivity contribution in [1.29, 1.82) is 0 Å². The normalized spacial score (nSPS) is 15.8. The van der Waals surface area contributed by atoms with Gasteiger partial charge in [-0.1, -0.05) is 6.07 Å². The molecule has 2 heterocycles. The molecule has 1 fully saturated rings. The van der Waals surface area contributed by atoms with E-state index in [1.54, 1.807) is 19.3 Å². The van der Waals surface area contributed by atoms with Crippen molar-refractivity contribution < 1.29 is 27.7 Å². The van der Waals surface area contributed by atoms with E-state index >= 15 is 0 Å². The van der Waals surface area contributed by atoms with Crippen molar-refractivity contribution in [2.75, 3.05) is 13.8 Å². The quantitative estimate of drug-likeness (QED) is 0.471. The minimum Gasteiger partial charge on any atom is -0.474 e. The van der Waals surface area contributed by atoms with E-state index in [0.717, 1.165) is 18.4 Å². The molecule has 2 N–H and O–H groups in total. The molecule has 0 unspecified atom stereocenters. The van der Waals surface area contributed by atoms with Gasteiger partial charge in [0, 0.05) is 43.5 Å². The smallest absolute Gasteiger partial charge is 0.387 e. The summed E-state index contributed by atoms with van der Waals surface area (Å²) < 4.78 is 47.0. The Bertz CT molecular complexity index is 952. The number of halogens is 2. The molecule has 1 aliphatic carbocycles. The summed E-state index contributed by atoms with van der Waals surface area (Å²) in [5.74, 6) is 1.98. The van der Waals surface area contributed by atoms with Gasteiger partial charge in [-0.05, 0) is 37.8 Å². The van der Waals surface area contributed by atoms with Crippen molar-refractivity contribution in [2.24, 2.45) is 4.99 Å². The Labute approximate surface area is 184 Å². The number of hydrogen-bond donors (Lipinski definition) is 2. The summed E-state index contributed by atoms with van der Waals surface area (Å²) in [6.07, 6.45) is 6.37. The summed E-state index contributed by atoms with van der Waals surface area (Å²) in [7, 11) is 1.63. The number of ether oxygens (including phenoxy) is 4. The molecule has 1 saturated carbocycles. The van der Waals surface area contributed by atoms with E-state index in [4.69, 9.17) is 14.2 Å². The molecule has 0 spiro atoms. The van der Waals surface area contributed by atoms with Crippen molar-refractivity contribution in [2.45, 2.75) is 51.5 Å². The molecule has 0 radical (unpaired) electrons. The number of alkyl halides is 2. The lowest BCUT2D eigenvalue weighted by Crippen LogP contribution is -2.36. The maximum Gasteiger partial charge on any atom is 0.387 e. The molecule has 1 aromatic heterocycles. The standard InChI is InChI=1S/C22H26F2N4O4/c1-25-22(27-11-14-5-4-8-26-20(14)31-16-6-2-3-7-16)28-12-15-9-18-19(30-13-29-18)10-17(15)32-21(23)24/h4-5,8-10,16,21H,2-3,6-7,11-13H2,1H3,(H2,25,27,28). The molecular formula is C22H26F2N4O4. The minimum absolute atomic E-state index is 0.0201. The van der Waals surface area contributed by atoms with Crippen LogP contribution in [0.4, 0.5) is 8.78 Å². The molecule has 0 atom stereocenters. The zero-order valence-electron chi connectivity index (χ0n) is 17.8. The lowest BCUT2D eigenvalue weighted by molar-refractivity contribution is -0.0505. The molecule has 2 aliphatic rings. The van der Waals surface area contributed by atoms with Gasteiger partial charge in [0.2, 0.25) is 12.7 Å². The topological polar surface area (TPSA) is 86.2 Å². The summed E-state index contributed by atoms with van der Waals surface area (Å²) in [4.78, 5) is 8.58. The molecule has 2 aromatic rings. The van der Waals surface area contributed by atoms with E-state index in [2.05, 4.69) is 25.3 Å². The molecule has 32 heavy (non-hydrogen) atoms. The van der Waals surface area contributed by atoms with Gasteiger partial charge in [-0.15, -0.1) is 0 Å². The van der Waals surface area contributed by atoms with E-state index in [0.29, 0.717) is 35.4 Å². The van der Waals surface area contributed by atoms with Crippen LogP contribution < -0.4 is 29.6 Å². The fourth-order valence-corrected chi connectivity index (χ4v) is 3.72. The second-order valence-corrected chi connectivity index (χ2v) is 7.46. The maximum absolute atomic E-state index is 12.8. The predicted molar refractivity (Wildman–Crippen MR) is 113 cm³/mol. The lowest BCUT2D eigenvalue weighted by atomic mass is 10.1. The highest BCUT2D eigenvalue weighted by molar-refractivity contribution is 5.79. The highest BCUT2D eigenvalue weighted by Gasteiger charge is 2.21. The first-order chi connectivity index (χ1) is 15.6. The highest BCUT2D eigenvalue weighted by atomic mass is 19.3. The van der Waals surface area contributed by atoms with Crippen molar-refractivity contribution >= 4 is 5.96 Å². The fraction of sp³-hybridized carbons (Fsp3) is 0.455.